The van der Waals surface area contributed by atoms with E-state index in [1.54, 1.807) is 0 Å². The standard InChI is InChI=1S/C19H25N3/c1-22-11-10-19-17(13-22)16(12-20-14-6-2-3-7-14)15-8-4-5-9-18(15)21-19/h4-5,8-9,14,20H,2-3,6-7,10-13H2,1H3. The van der Waals surface area contributed by atoms with E-state index in [4.69, 9.17) is 4.98 Å². The average Bonchev–Trinajstić information content (AvgIpc) is 3.05. The van der Waals surface area contributed by atoms with Crippen molar-refractivity contribution in [1.29, 1.82) is 0 Å². The first-order valence-electron chi connectivity index (χ1n) is 8.62. The molecule has 4 rings (SSSR count). The van der Waals surface area contributed by atoms with Gasteiger partial charge in [0.15, 0.2) is 0 Å². The number of nitrogens with zero attached hydrogens (tertiary/aromatic N) is 2. The van der Waals surface area contributed by atoms with Crippen LogP contribution in [0.4, 0.5) is 0 Å². The van der Waals surface area contributed by atoms with Gasteiger partial charge in [0.1, 0.15) is 0 Å². The highest BCUT2D eigenvalue weighted by Crippen LogP contribution is 2.28. The zero-order valence-electron chi connectivity index (χ0n) is 13.4. The fourth-order valence-electron chi connectivity index (χ4n) is 3.99. The number of likely N-dealkylation sites (N-methyl/N-ethyl adjacent to an activating group) is 1. The predicted octanol–water partition coefficient (Wildman–Crippen LogP) is 3.25. The molecule has 1 saturated carbocycles. The Bertz CT molecular complexity index is 674. The maximum absolute atomic E-state index is 4.94. The number of benzene rings is 1. The summed E-state index contributed by atoms with van der Waals surface area (Å²) in [5.74, 6) is 0. The number of rotatable bonds is 3. The van der Waals surface area contributed by atoms with E-state index in [2.05, 4.69) is 41.5 Å². The first kappa shape index (κ1) is 14.2. The zero-order chi connectivity index (χ0) is 14.9. The van der Waals surface area contributed by atoms with Crippen LogP contribution in [0.1, 0.15) is 42.5 Å². The van der Waals surface area contributed by atoms with Crippen molar-refractivity contribution in [2.24, 2.45) is 0 Å². The van der Waals surface area contributed by atoms with Gasteiger partial charge in [0.25, 0.3) is 0 Å². The van der Waals surface area contributed by atoms with E-state index in [1.807, 2.05) is 0 Å². The monoisotopic (exact) mass is 295 g/mol. The van der Waals surface area contributed by atoms with E-state index < -0.39 is 0 Å². The van der Waals surface area contributed by atoms with Crippen molar-refractivity contribution < 1.29 is 0 Å². The lowest BCUT2D eigenvalue weighted by Gasteiger charge is -2.28. The van der Waals surface area contributed by atoms with E-state index in [0.29, 0.717) is 6.04 Å². The lowest BCUT2D eigenvalue weighted by molar-refractivity contribution is 0.308. The Morgan fingerprint density at radius 2 is 2.05 bits per heavy atom. The van der Waals surface area contributed by atoms with Crippen LogP contribution in [0.15, 0.2) is 24.3 Å². The molecule has 0 bridgehead atoms. The highest BCUT2D eigenvalue weighted by molar-refractivity contribution is 5.83. The van der Waals surface area contributed by atoms with Crippen molar-refractivity contribution in [2.45, 2.75) is 51.2 Å². The Kier molecular flexibility index (Phi) is 3.85. The Morgan fingerprint density at radius 3 is 2.91 bits per heavy atom. The average molecular weight is 295 g/mol. The number of aromatic nitrogens is 1. The lowest BCUT2D eigenvalue weighted by Crippen LogP contribution is -2.31. The molecule has 0 amide bonds. The number of para-hydroxylation sites is 1. The van der Waals surface area contributed by atoms with Gasteiger partial charge in [0, 0.05) is 43.2 Å². The SMILES string of the molecule is CN1CCc2nc3ccccc3c(CNC3CCCC3)c2C1. The molecule has 1 aliphatic heterocycles. The molecule has 0 radical (unpaired) electrons. The summed E-state index contributed by atoms with van der Waals surface area (Å²) in [6, 6.07) is 9.35. The molecule has 3 heteroatoms. The molecule has 1 N–H and O–H groups in total. The van der Waals surface area contributed by atoms with Crippen LogP contribution < -0.4 is 5.32 Å². The van der Waals surface area contributed by atoms with Crippen LogP contribution in [0.2, 0.25) is 0 Å². The third-order valence-corrected chi connectivity index (χ3v) is 5.28. The summed E-state index contributed by atoms with van der Waals surface area (Å²) < 4.78 is 0. The molecule has 2 aromatic rings. The maximum atomic E-state index is 4.94. The van der Waals surface area contributed by atoms with Crippen molar-refractivity contribution >= 4 is 10.9 Å². The normalized spacial score (nSPS) is 19.7. The molecule has 0 saturated heterocycles. The Labute approximate surface area is 132 Å². The fourth-order valence-corrected chi connectivity index (χ4v) is 3.99. The van der Waals surface area contributed by atoms with E-state index in [1.165, 1.54) is 47.9 Å². The molecule has 0 atom stereocenters. The van der Waals surface area contributed by atoms with E-state index in [-0.39, 0.29) is 0 Å². The molecule has 2 heterocycles. The van der Waals surface area contributed by atoms with E-state index >= 15 is 0 Å². The largest absolute Gasteiger partial charge is 0.310 e. The van der Waals surface area contributed by atoms with Crippen molar-refractivity contribution in [3.05, 3.63) is 41.1 Å². The van der Waals surface area contributed by atoms with Crippen molar-refractivity contribution in [3.63, 3.8) is 0 Å². The van der Waals surface area contributed by atoms with Crippen molar-refractivity contribution in [1.82, 2.24) is 15.2 Å². The third-order valence-electron chi connectivity index (χ3n) is 5.28. The summed E-state index contributed by atoms with van der Waals surface area (Å²) in [5.41, 5.74) is 5.44. The van der Waals surface area contributed by atoms with Gasteiger partial charge in [-0.3, -0.25) is 4.98 Å². The van der Waals surface area contributed by atoms with Gasteiger partial charge in [0.05, 0.1) is 5.52 Å². The van der Waals surface area contributed by atoms with Crippen LogP contribution in [-0.4, -0.2) is 29.5 Å². The first-order valence-corrected chi connectivity index (χ1v) is 8.62. The van der Waals surface area contributed by atoms with Gasteiger partial charge in [-0.2, -0.15) is 0 Å². The highest BCUT2D eigenvalue weighted by Gasteiger charge is 2.21. The number of nitrogens with one attached hydrogen (secondary N) is 1. The van der Waals surface area contributed by atoms with Crippen molar-refractivity contribution in [3.8, 4) is 0 Å². The number of pyridine rings is 1. The molecule has 1 aromatic carbocycles. The topological polar surface area (TPSA) is 28.2 Å². The van der Waals surface area contributed by atoms with Crippen LogP contribution in [-0.2, 0) is 19.5 Å². The molecular formula is C19H25N3. The second kappa shape index (κ2) is 5.98. The maximum Gasteiger partial charge on any atom is 0.0708 e. The van der Waals surface area contributed by atoms with Crippen LogP contribution in [0.25, 0.3) is 10.9 Å². The molecule has 3 nitrogen and oxygen atoms in total. The molecule has 1 fully saturated rings. The minimum Gasteiger partial charge on any atom is -0.310 e. The molecule has 2 aliphatic rings. The van der Waals surface area contributed by atoms with Gasteiger partial charge in [-0.1, -0.05) is 31.0 Å². The van der Waals surface area contributed by atoms with Gasteiger partial charge in [-0.05, 0) is 37.1 Å². The van der Waals surface area contributed by atoms with E-state index in [9.17, 15) is 0 Å². The highest BCUT2D eigenvalue weighted by atomic mass is 15.1. The Balaban J connectivity index is 1.73. The summed E-state index contributed by atoms with van der Waals surface area (Å²) in [4.78, 5) is 7.35. The molecule has 0 spiro atoms. The third kappa shape index (κ3) is 2.64. The van der Waals surface area contributed by atoms with Crippen LogP contribution in [0, 0.1) is 0 Å². The molecule has 1 aliphatic carbocycles. The fraction of sp³-hybridized carbons (Fsp3) is 0.526. The lowest BCUT2D eigenvalue weighted by atomic mass is 9.95. The van der Waals surface area contributed by atoms with Gasteiger partial charge in [-0.25, -0.2) is 0 Å². The molecule has 22 heavy (non-hydrogen) atoms. The summed E-state index contributed by atoms with van der Waals surface area (Å²) in [6.07, 6.45) is 6.52. The summed E-state index contributed by atoms with van der Waals surface area (Å²) in [7, 11) is 2.21. The minimum absolute atomic E-state index is 0.712. The zero-order valence-corrected chi connectivity index (χ0v) is 13.4. The number of hydrogen-bond acceptors (Lipinski definition) is 3. The van der Waals surface area contributed by atoms with Crippen LogP contribution in [0.3, 0.4) is 0 Å². The van der Waals surface area contributed by atoms with Crippen LogP contribution >= 0.6 is 0 Å². The molecule has 116 valence electrons. The summed E-state index contributed by atoms with van der Waals surface area (Å²) in [6.45, 7) is 3.15. The van der Waals surface area contributed by atoms with Gasteiger partial charge < -0.3 is 10.2 Å². The van der Waals surface area contributed by atoms with Gasteiger partial charge >= 0.3 is 0 Å². The second-order valence-corrected chi connectivity index (χ2v) is 6.88. The smallest absolute Gasteiger partial charge is 0.0708 e. The minimum atomic E-state index is 0.712. The van der Waals surface area contributed by atoms with E-state index in [0.717, 1.165) is 31.6 Å². The number of fused-ring (bicyclic) bond motifs is 2. The van der Waals surface area contributed by atoms with Crippen molar-refractivity contribution in [2.75, 3.05) is 13.6 Å². The molecule has 0 unspecified atom stereocenters. The van der Waals surface area contributed by atoms with Crippen LogP contribution in [0.5, 0.6) is 0 Å². The second-order valence-electron chi connectivity index (χ2n) is 6.88. The summed E-state index contributed by atoms with van der Waals surface area (Å²) in [5, 5.41) is 5.14. The summed E-state index contributed by atoms with van der Waals surface area (Å²) >= 11 is 0. The van der Waals surface area contributed by atoms with Gasteiger partial charge in [-0.15, -0.1) is 0 Å². The quantitative estimate of drug-likeness (QED) is 0.942. The number of hydrogen-bond donors (Lipinski definition) is 1. The van der Waals surface area contributed by atoms with Gasteiger partial charge in [0.2, 0.25) is 0 Å². The predicted molar refractivity (Wildman–Crippen MR) is 90.9 cm³/mol. The molecular weight excluding hydrogens is 270 g/mol. The Morgan fingerprint density at radius 1 is 1.23 bits per heavy atom. The first-order chi connectivity index (χ1) is 10.8. The molecule has 1 aromatic heterocycles. The Hall–Kier alpha value is -1.45.